The molecule has 1 aliphatic carbocycles. The molecule has 0 atom stereocenters. The number of nitrogens with two attached hydrogens (primary N) is 1. The number of benzene rings is 2. The molecule has 2 heterocycles. The maximum atomic E-state index is 12.8. The molecule has 1 amide bonds. The predicted molar refractivity (Wildman–Crippen MR) is 112 cm³/mol. The van der Waals surface area contributed by atoms with E-state index in [2.05, 4.69) is 0 Å². The normalized spacial score (nSPS) is 15.8. The summed E-state index contributed by atoms with van der Waals surface area (Å²) in [6.07, 6.45) is 4.93. The van der Waals surface area contributed by atoms with Crippen LogP contribution in [0.25, 0.3) is 11.0 Å². The fourth-order valence-corrected chi connectivity index (χ4v) is 4.88. The third kappa shape index (κ3) is 3.36. The van der Waals surface area contributed by atoms with Crippen LogP contribution in [0.4, 0.5) is 5.69 Å². The minimum atomic E-state index is -3.83. The SMILES string of the molecule is NS(=O)(=O)c1ccc2c(c1)N(C(=O)COc1ccc3oc4c(c3c1)CCCC4)CC2. The summed E-state index contributed by atoms with van der Waals surface area (Å²) >= 11 is 0. The van der Waals surface area contributed by atoms with Crippen molar-refractivity contribution < 1.29 is 22.4 Å². The topological polar surface area (TPSA) is 103 Å². The Hall–Kier alpha value is -2.84. The van der Waals surface area contributed by atoms with Crippen molar-refractivity contribution in [3.8, 4) is 5.75 Å². The van der Waals surface area contributed by atoms with Crippen LogP contribution in [0.2, 0.25) is 0 Å². The molecule has 0 saturated heterocycles. The summed E-state index contributed by atoms with van der Waals surface area (Å²) in [5.41, 5.74) is 3.60. The number of primary sulfonamides is 1. The molecular formula is C22H22N2O5S. The van der Waals surface area contributed by atoms with Crippen molar-refractivity contribution in [2.24, 2.45) is 5.14 Å². The van der Waals surface area contributed by atoms with Crippen LogP contribution in [0.3, 0.4) is 0 Å². The Morgan fingerprint density at radius 3 is 2.77 bits per heavy atom. The highest BCUT2D eigenvalue weighted by molar-refractivity contribution is 7.89. The first-order valence-electron chi connectivity index (χ1n) is 10.0. The number of hydrogen-bond donors (Lipinski definition) is 1. The fraction of sp³-hybridized carbons (Fsp3) is 0.318. The van der Waals surface area contributed by atoms with Crippen molar-refractivity contribution in [3.05, 3.63) is 53.3 Å². The molecule has 30 heavy (non-hydrogen) atoms. The summed E-state index contributed by atoms with van der Waals surface area (Å²) in [5, 5.41) is 6.28. The van der Waals surface area contributed by atoms with Crippen LogP contribution in [0.15, 0.2) is 45.7 Å². The number of fused-ring (bicyclic) bond motifs is 4. The molecule has 2 aromatic carbocycles. The number of rotatable bonds is 4. The number of hydrogen-bond acceptors (Lipinski definition) is 5. The highest BCUT2D eigenvalue weighted by Crippen LogP contribution is 2.34. The molecule has 0 spiro atoms. The van der Waals surface area contributed by atoms with Crippen LogP contribution < -0.4 is 14.8 Å². The fourth-order valence-electron chi connectivity index (χ4n) is 4.35. The van der Waals surface area contributed by atoms with E-state index in [0.29, 0.717) is 24.4 Å². The van der Waals surface area contributed by atoms with Crippen LogP contribution in [-0.4, -0.2) is 27.5 Å². The zero-order valence-electron chi connectivity index (χ0n) is 16.4. The lowest BCUT2D eigenvalue weighted by molar-refractivity contribution is -0.120. The first-order valence-corrected chi connectivity index (χ1v) is 11.6. The van der Waals surface area contributed by atoms with Gasteiger partial charge in [0.2, 0.25) is 10.0 Å². The van der Waals surface area contributed by atoms with Crippen LogP contribution in [0.5, 0.6) is 5.75 Å². The van der Waals surface area contributed by atoms with Gasteiger partial charge in [-0.15, -0.1) is 0 Å². The summed E-state index contributed by atoms with van der Waals surface area (Å²) in [6.45, 7) is 0.352. The van der Waals surface area contributed by atoms with Gasteiger partial charge in [-0.25, -0.2) is 13.6 Å². The van der Waals surface area contributed by atoms with E-state index in [4.69, 9.17) is 14.3 Å². The first-order chi connectivity index (χ1) is 14.4. The Bertz CT molecular complexity index is 1260. The van der Waals surface area contributed by atoms with E-state index >= 15 is 0 Å². The molecule has 3 aromatic rings. The molecule has 5 rings (SSSR count). The number of amides is 1. The smallest absolute Gasteiger partial charge is 0.264 e. The predicted octanol–water partition coefficient (Wildman–Crippen LogP) is 2.93. The van der Waals surface area contributed by atoms with Crippen LogP contribution >= 0.6 is 0 Å². The molecule has 8 heteroatoms. The van der Waals surface area contributed by atoms with Crippen molar-refractivity contribution in [1.82, 2.24) is 0 Å². The average Bonchev–Trinajstić information content (AvgIpc) is 3.32. The van der Waals surface area contributed by atoms with E-state index in [1.165, 1.54) is 17.7 Å². The number of carbonyl (C=O) groups excluding carboxylic acids is 1. The summed E-state index contributed by atoms with van der Waals surface area (Å²) < 4.78 is 35.0. The Labute approximate surface area is 174 Å². The molecule has 0 fully saturated rings. The van der Waals surface area contributed by atoms with Crippen LogP contribution in [-0.2, 0) is 34.1 Å². The van der Waals surface area contributed by atoms with E-state index in [1.54, 1.807) is 11.0 Å². The molecular weight excluding hydrogens is 404 g/mol. The second-order valence-corrected chi connectivity index (χ2v) is 9.35. The van der Waals surface area contributed by atoms with Crippen LogP contribution in [0.1, 0.15) is 29.7 Å². The standard InChI is InChI=1S/C22H22N2O5S/c23-30(26,27)16-7-5-14-9-10-24(19(14)12-16)22(25)13-28-15-6-8-21-18(11-15)17-3-1-2-4-20(17)29-21/h5-8,11-12H,1-4,9-10,13H2,(H2,23,26,27). The van der Waals surface area contributed by atoms with Crippen molar-refractivity contribution in [3.63, 3.8) is 0 Å². The summed E-state index contributed by atoms with van der Waals surface area (Å²) in [6, 6.07) is 10.3. The zero-order chi connectivity index (χ0) is 20.9. The van der Waals surface area contributed by atoms with Gasteiger partial charge in [0.1, 0.15) is 17.1 Å². The molecule has 0 radical (unpaired) electrons. The molecule has 1 aliphatic heterocycles. The van der Waals surface area contributed by atoms with E-state index < -0.39 is 10.0 Å². The van der Waals surface area contributed by atoms with E-state index in [0.717, 1.165) is 48.0 Å². The number of nitrogens with zero attached hydrogens (tertiary/aromatic N) is 1. The van der Waals surface area contributed by atoms with Gasteiger partial charge in [0.05, 0.1) is 4.90 Å². The number of aryl methyl sites for hydroxylation is 2. The average molecular weight is 426 g/mol. The highest BCUT2D eigenvalue weighted by Gasteiger charge is 2.27. The van der Waals surface area contributed by atoms with Crippen molar-refractivity contribution >= 4 is 32.6 Å². The second kappa shape index (κ2) is 7.14. The van der Waals surface area contributed by atoms with E-state index in [9.17, 15) is 13.2 Å². The lowest BCUT2D eigenvalue weighted by atomic mass is 9.96. The van der Waals surface area contributed by atoms with Gasteiger partial charge in [-0.05, 0) is 61.6 Å². The van der Waals surface area contributed by atoms with Gasteiger partial charge in [0, 0.05) is 29.6 Å². The molecule has 0 unspecified atom stereocenters. The van der Waals surface area contributed by atoms with Gasteiger partial charge in [0.25, 0.3) is 5.91 Å². The summed E-state index contributed by atoms with van der Waals surface area (Å²) in [4.78, 5) is 14.3. The quantitative estimate of drug-likeness (QED) is 0.691. The van der Waals surface area contributed by atoms with E-state index in [1.807, 2.05) is 18.2 Å². The molecule has 7 nitrogen and oxygen atoms in total. The zero-order valence-corrected chi connectivity index (χ0v) is 17.2. The molecule has 2 aliphatic rings. The maximum absolute atomic E-state index is 12.8. The third-order valence-electron chi connectivity index (χ3n) is 5.87. The number of anilines is 1. The minimum absolute atomic E-state index is 0.00273. The number of ether oxygens (including phenoxy) is 1. The van der Waals surface area contributed by atoms with Gasteiger partial charge in [0.15, 0.2) is 6.61 Å². The van der Waals surface area contributed by atoms with Gasteiger partial charge in [-0.1, -0.05) is 6.07 Å². The third-order valence-corrected chi connectivity index (χ3v) is 6.78. The van der Waals surface area contributed by atoms with Gasteiger partial charge >= 0.3 is 0 Å². The minimum Gasteiger partial charge on any atom is -0.484 e. The van der Waals surface area contributed by atoms with Gasteiger partial charge in [-0.3, -0.25) is 4.79 Å². The lowest BCUT2D eigenvalue weighted by Crippen LogP contribution is -2.33. The van der Waals surface area contributed by atoms with Gasteiger partial charge in [-0.2, -0.15) is 0 Å². The largest absolute Gasteiger partial charge is 0.484 e. The van der Waals surface area contributed by atoms with Crippen molar-refractivity contribution in [1.29, 1.82) is 0 Å². The second-order valence-electron chi connectivity index (χ2n) is 7.79. The Balaban J connectivity index is 1.34. The Morgan fingerprint density at radius 1 is 1.10 bits per heavy atom. The first kappa shape index (κ1) is 19.1. The van der Waals surface area contributed by atoms with Crippen molar-refractivity contribution in [2.75, 3.05) is 18.1 Å². The molecule has 0 saturated carbocycles. The number of furan rings is 1. The molecule has 1 aromatic heterocycles. The Morgan fingerprint density at radius 2 is 1.93 bits per heavy atom. The Kier molecular flexibility index (Phi) is 4.56. The summed E-state index contributed by atoms with van der Waals surface area (Å²) in [5.74, 6) is 1.45. The number of sulfonamides is 1. The highest BCUT2D eigenvalue weighted by atomic mass is 32.2. The van der Waals surface area contributed by atoms with Crippen molar-refractivity contribution in [2.45, 2.75) is 37.0 Å². The van der Waals surface area contributed by atoms with E-state index in [-0.39, 0.29) is 17.4 Å². The van der Waals surface area contributed by atoms with Gasteiger partial charge < -0.3 is 14.1 Å². The molecule has 2 N–H and O–H groups in total. The molecule has 156 valence electrons. The summed E-state index contributed by atoms with van der Waals surface area (Å²) in [7, 11) is -3.83. The number of carbonyl (C=O) groups is 1. The maximum Gasteiger partial charge on any atom is 0.264 e. The van der Waals surface area contributed by atoms with Crippen LogP contribution in [0, 0.1) is 0 Å². The monoisotopic (exact) mass is 426 g/mol. The lowest BCUT2D eigenvalue weighted by Gasteiger charge is -2.18. The molecule has 0 bridgehead atoms.